The third kappa shape index (κ3) is 6.54. The Labute approximate surface area is 198 Å². The fourth-order valence-corrected chi connectivity index (χ4v) is 3.46. The summed E-state index contributed by atoms with van der Waals surface area (Å²) in [4.78, 5) is 34.7. The molecule has 0 bridgehead atoms. The summed E-state index contributed by atoms with van der Waals surface area (Å²) in [6, 6.07) is 3.56. The average Bonchev–Trinajstić information content (AvgIpc) is 3.26. The van der Waals surface area contributed by atoms with Crippen LogP contribution >= 0.6 is 11.6 Å². The van der Waals surface area contributed by atoms with Gasteiger partial charge in [0.25, 0.3) is 17.4 Å². The van der Waals surface area contributed by atoms with Gasteiger partial charge in [0.2, 0.25) is 0 Å². The van der Waals surface area contributed by atoms with Gasteiger partial charge in [-0.05, 0) is 44.3 Å². The van der Waals surface area contributed by atoms with Crippen molar-refractivity contribution < 1.29 is 36.6 Å². The van der Waals surface area contributed by atoms with E-state index in [0.717, 1.165) is 35.4 Å². The van der Waals surface area contributed by atoms with Crippen LogP contribution in [0.15, 0.2) is 46.0 Å². The number of hydrogen-bond acceptors (Lipinski definition) is 6. The second-order valence-corrected chi connectivity index (χ2v) is 7.66. The molecular weight excluding hydrogens is 484 g/mol. The molecule has 3 atom stereocenters. The zero-order valence-corrected chi connectivity index (χ0v) is 19.1. The van der Waals surface area contributed by atoms with E-state index in [0.29, 0.717) is 13.0 Å². The van der Waals surface area contributed by atoms with Crippen molar-refractivity contribution in [2.75, 3.05) is 25.2 Å². The SMILES string of the molecule is C=N/C=C(\C=NC)[C@@](C)(C(=O)N[C@H]1CCOC1)N(C(=O)[C@H](F)Cl)c1ccc(OC(F)(F)F)cc1. The van der Waals surface area contributed by atoms with Crippen LogP contribution in [0.4, 0.5) is 23.2 Å². The Morgan fingerprint density at radius 3 is 2.47 bits per heavy atom. The second kappa shape index (κ2) is 11.4. The van der Waals surface area contributed by atoms with Gasteiger partial charge in [0, 0.05) is 37.3 Å². The molecule has 1 saturated heterocycles. The summed E-state index contributed by atoms with van der Waals surface area (Å²) in [5, 5.41) is 2.74. The number of nitrogens with one attached hydrogen (secondary N) is 1. The van der Waals surface area contributed by atoms with E-state index in [-0.39, 0.29) is 23.9 Å². The first-order valence-corrected chi connectivity index (χ1v) is 10.3. The molecule has 1 aromatic rings. The Hall–Kier alpha value is -2.99. The maximum atomic E-state index is 14.1. The van der Waals surface area contributed by atoms with Crippen LogP contribution < -0.4 is 15.0 Å². The third-order valence-electron chi connectivity index (χ3n) is 4.95. The number of hydrogen-bond donors (Lipinski definition) is 1. The Morgan fingerprint density at radius 1 is 1.35 bits per heavy atom. The lowest BCUT2D eigenvalue weighted by Crippen LogP contribution is -2.63. The molecule has 2 rings (SSSR count). The number of halogens is 5. The summed E-state index contributed by atoms with van der Waals surface area (Å²) in [6.07, 6.45) is -2.07. The van der Waals surface area contributed by atoms with Gasteiger partial charge in [-0.1, -0.05) is 11.6 Å². The molecule has 1 aliphatic rings. The summed E-state index contributed by atoms with van der Waals surface area (Å²) >= 11 is 5.46. The maximum absolute atomic E-state index is 14.1. The van der Waals surface area contributed by atoms with Crippen LogP contribution in [0, 0.1) is 0 Å². The monoisotopic (exact) mass is 506 g/mol. The number of nitrogens with zero attached hydrogens (tertiary/aromatic N) is 3. The summed E-state index contributed by atoms with van der Waals surface area (Å²) in [6.45, 7) is 5.28. The van der Waals surface area contributed by atoms with Crippen LogP contribution in [-0.2, 0) is 14.3 Å². The zero-order chi connectivity index (χ0) is 25.5. The third-order valence-corrected chi connectivity index (χ3v) is 5.14. The Morgan fingerprint density at radius 2 is 2.00 bits per heavy atom. The van der Waals surface area contributed by atoms with Gasteiger partial charge in [-0.15, -0.1) is 13.2 Å². The first kappa shape index (κ1) is 27.3. The van der Waals surface area contributed by atoms with E-state index in [4.69, 9.17) is 16.3 Å². The second-order valence-electron chi connectivity index (χ2n) is 7.28. The molecule has 0 unspecified atom stereocenters. The maximum Gasteiger partial charge on any atom is 0.573 e. The fourth-order valence-electron chi connectivity index (χ4n) is 3.36. The standard InChI is InChI=1S/C21H23ClF4N4O4/c1-20(13(10-27-2)11-28-3,19(32)29-14-8-9-33-12-14)30(18(31)17(22)23)15-4-6-16(7-5-15)34-21(24,25)26/h4-7,10-11,14,17H,2,8-9,12H2,1,3H3,(H,29,32)/b13-10+,28-11?/t14-,17-,20-/m0/s1. The van der Waals surface area contributed by atoms with Gasteiger partial charge in [-0.2, -0.15) is 0 Å². The van der Waals surface area contributed by atoms with Gasteiger partial charge in [-0.3, -0.25) is 24.5 Å². The average molecular weight is 507 g/mol. The van der Waals surface area contributed by atoms with Crippen molar-refractivity contribution in [1.29, 1.82) is 0 Å². The largest absolute Gasteiger partial charge is 0.573 e. The smallest absolute Gasteiger partial charge is 0.406 e. The molecule has 0 radical (unpaired) electrons. The Kier molecular flexibility index (Phi) is 9.16. The van der Waals surface area contributed by atoms with Crippen LogP contribution in [0.2, 0.25) is 0 Å². The van der Waals surface area contributed by atoms with Crippen molar-refractivity contribution in [3.63, 3.8) is 0 Å². The van der Waals surface area contributed by atoms with E-state index in [1.165, 1.54) is 20.2 Å². The molecule has 0 aliphatic carbocycles. The number of anilines is 1. The van der Waals surface area contributed by atoms with E-state index in [1.54, 1.807) is 0 Å². The minimum absolute atomic E-state index is 0.0303. The first-order valence-electron chi connectivity index (χ1n) is 9.89. The molecule has 34 heavy (non-hydrogen) atoms. The van der Waals surface area contributed by atoms with E-state index >= 15 is 0 Å². The van der Waals surface area contributed by atoms with E-state index in [9.17, 15) is 27.2 Å². The molecule has 13 heteroatoms. The highest BCUT2D eigenvalue weighted by atomic mass is 35.5. The molecule has 0 saturated carbocycles. The van der Waals surface area contributed by atoms with Crippen molar-refractivity contribution in [1.82, 2.24) is 5.32 Å². The number of aliphatic imine (C=N–C) groups is 2. The van der Waals surface area contributed by atoms with Crippen LogP contribution in [0.1, 0.15) is 13.3 Å². The van der Waals surface area contributed by atoms with Gasteiger partial charge in [0.05, 0.1) is 12.6 Å². The van der Waals surface area contributed by atoms with Crippen LogP contribution in [0.25, 0.3) is 0 Å². The highest BCUT2D eigenvalue weighted by Crippen LogP contribution is 2.34. The molecule has 0 spiro atoms. The lowest BCUT2D eigenvalue weighted by Gasteiger charge is -2.41. The molecule has 1 N–H and O–H groups in total. The molecule has 0 aromatic heterocycles. The summed E-state index contributed by atoms with van der Waals surface area (Å²) in [5.41, 5.74) is -4.68. The summed E-state index contributed by atoms with van der Waals surface area (Å²) in [5.74, 6) is -2.68. The van der Waals surface area contributed by atoms with Crippen molar-refractivity contribution in [2.24, 2.45) is 9.98 Å². The van der Waals surface area contributed by atoms with Crippen molar-refractivity contribution in [2.45, 2.75) is 36.9 Å². The highest BCUT2D eigenvalue weighted by molar-refractivity contribution is 6.32. The molecule has 186 valence electrons. The first-order chi connectivity index (χ1) is 15.9. The molecule has 1 aliphatic heterocycles. The number of ether oxygens (including phenoxy) is 2. The molecule has 8 nitrogen and oxygen atoms in total. The summed E-state index contributed by atoms with van der Waals surface area (Å²) in [7, 11) is 1.40. The van der Waals surface area contributed by atoms with Crippen LogP contribution in [-0.4, -0.2) is 68.6 Å². The fraction of sp³-hybridized carbons (Fsp3) is 0.429. The molecule has 1 heterocycles. The quantitative estimate of drug-likeness (QED) is 0.316. The lowest BCUT2D eigenvalue weighted by molar-refractivity contribution is -0.274. The lowest BCUT2D eigenvalue weighted by atomic mass is 9.88. The molecule has 2 amide bonds. The van der Waals surface area contributed by atoms with Crippen LogP contribution in [0.5, 0.6) is 5.75 Å². The van der Waals surface area contributed by atoms with Crippen LogP contribution in [0.3, 0.4) is 0 Å². The number of benzene rings is 1. The number of rotatable bonds is 9. The van der Waals surface area contributed by atoms with E-state index in [1.807, 2.05) is 0 Å². The minimum Gasteiger partial charge on any atom is -0.406 e. The minimum atomic E-state index is -4.95. The topological polar surface area (TPSA) is 92.6 Å². The highest BCUT2D eigenvalue weighted by Gasteiger charge is 2.48. The molecule has 1 fully saturated rings. The number of amides is 2. The van der Waals surface area contributed by atoms with Gasteiger partial charge in [-0.25, -0.2) is 4.39 Å². The molecule has 1 aromatic carbocycles. The molecular formula is C21H23ClF4N4O4. The van der Waals surface area contributed by atoms with Gasteiger partial charge >= 0.3 is 6.36 Å². The van der Waals surface area contributed by atoms with Gasteiger partial charge < -0.3 is 14.8 Å². The number of carbonyl (C=O) groups excluding carboxylic acids is 2. The summed E-state index contributed by atoms with van der Waals surface area (Å²) < 4.78 is 60.9. The predicted octanol–water partition coefficient (Wildman–Crippen LogP) is 3.40. The Bertz CT molecular complexity index is 947. The predicted molar refractivity (Wildman–Crippen MR) is 119 cm³/mol. The van der Waals surface area contributed by atoms with E-state index in [2.05, 4.69) is 26.8 Å². The number of carbonyl (C=O) groups is 2. The van der Waals surface area contributed by atoms with Gasteiger partial charge in [0.1, 0.15) is 5.75 Å². The van der Waals surface area contributed by atoms with Crippen molar-refractivity contribution in [3.05, 3.63) is 36.0 Å². The van der Waals surface area contributed by atoms with Crippen molar-refractivity contribution in [3.8, 4) is 5.75 Å². The Balaban J connectivity index is 2.65. The number of alkyl halides is 5. The normalized spacial score (nSPS) is 19.4. The zero-order valence-electron chi connectivity index (χ0n) is 18.3. The van der Waals surface area contributed by atoms with Crippen molar-refractivity contribution >= 4 is 42.0 Å². The van der Waals surface area contributed by atoms with Gasteiger partial charge in [0.15, 0.2) is 5.54 Å². The van der Waals surface area contributed by atoms with E-state index < -0.39 is 35.1 Å².